The van der Waals surface area contributed by atoms with Crippen LogP contribution in [0.5, 0.6) is 11.5 Å². The van der Waals surface area contributed by atoms with E-state index >= 15 is 0 Å². The third-order valence-electron chi connectivity index (χ3n) is 6.25. The van der Waals surface area contributed by atoms with E-state index in [2.05, 4.69) is 17.3 Å². The molecule has 0 bridgehead atoms. The summed E-state index contributed by atoms with van der Waals surface area (Å²) in [5.41, 5.74) is 0.934. The van der Waals surface area contributed by atoms with Crippen molar-refractivity contribution in [2.45, 2.75) is 56.9 Å². The van der Waals surface area contributed by atoms with Crippen molar-refractivity contribution in [1.82, 2.24) is 14.9 Å². The van der Waals surface area contributed by atoms with Gasteiger partial charge in [-0.2, -0.15) is 0 Å². The fraction of sp³-hybridized carbons (Fsp3) is 0.636. The summed E-state index contributed by atoms with van der Waals surface area (Å²) in [7, 11) is 5.53. The number of anilines is 1. The first-order valence-corrected chi connectivity index (χ1v) is 10.6. The molecule has 2 fully saturated rings. The van der Waals surface area contributed by atoms with E-state index in [0.717, 1.165) is 54.2 Å². The predicted octanol–water partition coefficient (Wildman–Crippen LogP) is 4.20. The minimum Gasteiger partial charge on any atom is -0.493 e. The van der Waals surface area contributed by atoms with Crippen LogP contribution < -0.4 is 14.8 Å². The van der Waals surface area contributed by atoms with Crippen molar-refractivity contribution in [3.8, 4) is 11.5 Å². The zero-order valence-electron chi connectivity index (χ0n) is 17.3. The Morgan fingerprint density at radius 2 is 1.61 bits per heavy atom. The Bertz CT molecular complexity index is 812. The molecule has 2 aliphatic rings. The smallest absolute Gasteiger partial charge is 0.162 e. The summed E-state index contributed by atoms with van der Waals surface area (Å²) < 4.78 is 11.1. The van der Waals surface area contributed by atoms with Gasteiger partial charge in [0.25, 0.3) is 0 Å². The third kappa shape index (κ3) is 4.02. The first kappa shape index (κ1) is 19.2. The van der Waals surface area contributed by atoms with Crippen molar-refractivity contribution >= 4 is 16.7 Å². The molecular weight excluding hydrogens is 352 g/mol. The Labute approximate surface area is 167 Å². The number of ether oxygens (including phenoxy) is 2. The van der Waals surface area contributed by atoms with Crippen LogP contribution in [0.15, 0.2) is 12.1 Å². The van der Waals surface area contributed by atoms with Gasteiger partial charge in [-0.1, -0.05) is 19.3 Å². The molecule has 28 heavy (non-hydrogen) atoms. The fourth-order valence-electron chi connectivity index (χ4n) is 4.47. The maximum Gasteiger partial charge on any atom is 0.162 e. The summed E-state index contributed by atoms with van der Waals surface area (Å²) in [6.45, 7) is 2.24. The quantitative estimate of drug-likeness (QED) is 0.834. The monoisotopic (exact) mass is 384 g/mol. The molecule has 0 spiro atoms. The van der Waals surface area contributed by atoms with Crippen molar-refractivity contribution in [1.29, 1.82) is 0 Å². The van der Waals surface area contributed by atoms with Gasteiger partial charge in [-0.05, 0) is 51.9 Å². The minimum atomic E-state index is 0.446. The standard InChI is InChI=1S/C22H32N4O2/c1-26-11-9-16(10-12-26)23-22-17-13-19(27-2)20(28-3)14-18(17)24-21(25-22)15-7-5-4-6-8-15/h13-16H,4-12H2,1-3H3,(H,23,24,25). The number of aromatic nitrogens is 2. The van der Waals surface area contributed by atoms with Crippen LogP contribution >= 0.6 is 0 Å². The van der Waals surface area contributed by atoms with Crippen molar-refractivity contribution in [2.24, 2.45) is 0 Å². The van der Waals surface area contributed by atoms with Crippen molar-refractivity contribution in [3.63, 3.8) is 0 Å². The molecule has 6 heteroatoms. The summed E-state index contributed by atoms with van der Waals surface area (Å²) in [6, 6.07) is 4.44. The first-order chi connectivity index (χ1) is 13.7. The summed E-state index contributed by atoms with van der Waals surface area (Å²) >= 11 is 0. The van der Waals surface area contributed by atoms with Crippen LogP contribution in [0.4, 0.5) is 5.82 Å². The SMILES string of the molecule is COc1cc2nc(C3CCCCC3)nc(NC3CCN(C)CC3)c2cc1OC. The van der Waals surface area contributed by atoms with Crippen LogP contribution in [0.2, 0.25) is 0 Å². The van der Waals surface area contributed by atoms with Crippen LogP contribution in [0, 0.1) is 0 Å². The number of fused-ring (bicyclic) bond motifs is 1. The van der Waals surface area contributed by atoms with Crippen molar-refractivity contribution in [3.05, 3.63) is 18.0 Å². The van der Waals surface area contributed by atoms with Crippen LogP contribution in [0.1, 0.15) is 56.7 Å². The Balaban J connectivity index is 1.74. The van der Waals surface area contributed by atoms with E-state index in [1.807, 2.05) is 12.1 Å². The topological polar surface area (TPSA) is 59.5 Å². The Morgan fingerprint density at radius 3 is 2.29 bits per heavy atom. The van der Waals surface area contributed by atoms with Gasteiger partial charge >= 0.3 is 0 Å². The maximum atomic E-state index is 5.53. The number of nitrogens with zero attached hydrogens (tertiary/aromatic N) is 3. The lowest BCUT2D eigenvalue weighted by atomic mass is 9.88. The molecule has 1 saturated heterocycles. The number of rotatable bonds is 5. The molecule has 152 valence electrons. The summed E-state index contributed by atoms with van der Waals surface area (Å²) in [4.78, 5) is 12.4. The van der Waals surface area contributed by atoms with Crippen LogP contribution in [-0.4, -0.2) is 55.3 Å². The number of nitrogens with one attached hydrogen (secondary N) is 1. The molecule has 1 saturated carbocycles. The molecule has 0 radical (unpaired) electrons. The molecule has 2 aromatic rings. The molecular formula is C22H32N4O2. The highest BCUT2D eigenvalue weighted by molar-refractivity contribution is 5.92. The molecule has 1 aromatic carbocycles. The predicted molar refractivity (Wildman–Crippen MR) is 113 cm³/mol. The van der Waals surface area contributed by atoms with E-state index in [1.54, 1.807) is 14.2 Å². The van der Waals surface area contributed by atoms with E-state index < -0.39 is 0 Å². The highest BCUT2D eigenvalue weighted by Gasteiger charge is 2.23. The highest BCUT2D eigenvalue weighted by Crippen LogP contribution is 2.37. The lowest BCUT2D eigenvalue weighted by molar-refractivity contribution is 0.263. The van der Waals surface area contributed by atoms with Gasteiger partial charge in [-0.3, -0.25) is 0 Å². The normalized spacial score (nSPS) is 19.7. The molecule has 6 nitrogen and oxygen atoms in total. The van der Waals surface area contributed by atoms with Crippen LogP contribution in [0.25, 0.3) is 10.9 Å². The fourth-order valence-corrected chi connectivity index (χ4v) is 4.47. The summed E-state index contributed by atoms with van der Waals surface area (Å²) in [5, 5.41) is 4.75. The molecule has 0 unspecified atom stereocenters. The van der Waals surface area contributed by atoms with Gasteiger partial charge in [-0.25, -0.2) is 9.97 Å². The second-order valence-corrected chi connectivity index (χ2v) is 8.21. The third-order valence-corrected chi connectivity index (χ3v) is 6.25. The van der Waals surface area contributed by atoms with E-state index in [4.69, 9.17) is 19.4 Å². The zero-order chi connectivity index (χ0) is 19.5. The first-order valence-electron chi connectivity index (χ1n) is 10.6. The average Bonchev–Trinajstić information content (AvgIpc) is 2.74. The molecule has 1 aliphatic carbocycles. The number of benzene rings is 1. The van der Waals surface area contributed by atoms with Gasteiger partial charge < -0.3 is 19.7 Å². The Hall–Kier alpha value is -2.08. The second kappa shape index (κ2) is 8.52. The minimum absolute atomic E-state index is 0.446. The van der Waals surface area contributed by atoms with E-state index in [0.29, 0.717) is 17.7 Å². The number of hydrogen-bond acceptors (Lipinski definition) is 6. The second-order valence-electron chi connectivity index (χ2n) is 8.21. The van der Waals surface area contributed by atoms with E-state index in [1.165, 1.54) is 32.1 Å². The number of hydrogen-bond donors (Lipinski definition) is 1. The Morgan fingerprint density at radius 1 is 0.929 bits per heavy atom. The van der Waals surface area contributed by atoms with Gasteiger partial charge in [0, 0.05) is 23.4 Å². The highest BCUT2D eigenvalue weighted by atomic mass is 16.5. The number of methoxy groups -OCH3 is 2. The van der Waals surface area contributed by atoms with Gasteiger partial charge in [-0.15, -0.1) is 0 Å². The Kier molecular flexibility index (Phi) is 5.85. The van der Waals surface area contributed by atoms with E-state index in [9.17, 15) is 0 Å². The van der Waals surface area contributed by atoms with Crippen LogP contribution in [-0.2, 0) is 0 Å². The lowest BCUT2D eigenvalue weighted by Crippen LogP contribution is -2.37. The van der Waals surface area contributed by atoms with Gasteiger partial charge in [0.1, 0.15) is 11.6 Å². The van der Waals surface area contributed by atoms with Crippen LogP contribution in [0.3, 0.4) is 0 Å². The molecule has 1 aliphatic heterocycles. The van der Waals surface area contributed by atoms with Crippen molar-refractivity contribution < 1.29 is 9.47 Å². The van der Waals surface area contributed by atoms with Gasteiger partial charge in [0.2, 0.25) is 0 Å². The molecule has 1 N–H and O–H groups in total. The largest absolute Gasteiger partial charge is 0.493 e. The molecule has 0 amide bonds. The zero-order valence-corrected chi connectivity index (χ0v) is 17.3. The van der Waals surface area contributed by atoms with Gasteiger partial charge in [0.05, 0.1) is 19.7 Å². The van der Waals surface area contributed by atoms with Gasteiger partial charge in [0.15, 0.2) is 11.5 Å². The molecule has 2 heterocycles. The summed E-state index contributed by atoms with van der Waals surface area (Å²) in [5.74, 6) is 3.82. The maximum absolute atomic E-state index is 5.53. The lowest BCUT2D eigenvalue weighted by Gasteiger charge is -2.30. The molecule has 4 rings (SSSR count). The van der Waals surface area contributed by atoms with Crippen molar-refractivity contribution in [2.75, 3.05) is 39.7 Å². The average molecular weight is 385 g/mol. The van der Waals surface area contributed by atoms with E-state index in [-0.39, 0.29) is 0 Å². The summed E-state index contributed by atoms with van der Waals surface area (Å²) in [6.07, 6.45) is 8.52. The molecule has 0 atom stereocenters. The number of likely N-dealkylation sites (tertiary alicyclic amines) is 1. The number of piperidine rings is 1. The molecule has 1 aromatic heterocycles.